The predicted octanol–water partition coefficient (Wildman–Crippen LogP) is 4.59. The van der Waals surface area contributed by atoms with Crippen molar-refractivity contribution in [2.45, 2.75) is 13.3 Å². The Kier molecular flexibility index (Phi) is 6.83. The fourth-order valence-corrected chi connectivity index (χ4v) is 2.58. The molecule has 0 saturated heterocycles. The van der Waals surface area contributed by atoms with Crippen LogP contribution in [0, 0.1) is 6.92 Å². The first-order valence-electron chi connectivity index (χ1n) is 9.21. The molecule has 0 saturated carbocycles. The first-order valence-corrected chi connectivity index (χ1v) is 9.21. The number of hydrogen-bond donors (Lipinski definition) is 2. The number of amides is 2. The van der Waals surface area contributed by atoms with Crippen molar-refractivity contribution in [2.24, 2.45) is 0 Å². The maximum absolute atomic E-state index is 12.5. The van der Waals surface area contributed by atoms with Crippen LogP contribution < -0.4 is 15.4 Å². The molecule has 0 unspecified atom stereocenters. The molecule has 3 rings (SSSR count). The van der Waals surface area contributed by atoms with Gasteiger partial charge < -0.3 is 15.4 Å². The fourth-order valence-electron chi connectivity index (χ4n) is 2.58. The number of ether oxygens (including phenoxy) is 1. The van der Waals surface area contributed by atoms with Crippen LogP contribution in [0.25, 0.3) is 6.08 Å². The van der Waals surface area contributed by atoms with Gasteiger partial charge in [-0.05, 0) is 55.0 Å². The SMILES string of the molecule is Cc1ccc(C(=O)Nc2ccc(OC(F)(F)F)cc2)cc1NC(=O)C=Cc1cncnc1. The van der Waals surface area contributed by atoms with Gasteiger partial charge in [0.2, 0.25) is 5.91 Å². The third-order valence-corrected chi connectivity index (χ3v) is 4.11. The molecular weight excluding hydrogens is 425 g/mol. The highest BCUT2D eigenvalue weighted by Gasteiger charge is 2.30. The smallest absolute Gasteiger partial charge is 0.406 e. The third-order valence-electron chi connectivity index (χ3n) is 4.11. The molecule has 0 aliphatic carbocycles. The lowest BCUT2D eigenvalue weighted by atomic mass is 10.1. The number of aryl methyl sites for hydroxylation is 1. The molecule has 0 bridgehead atoms. The third kappa shape index (κ3) is 6.66. The second-order valence-electron chi connectivity index (χ2n) is 6.55. The van der Waals surface area contributed by atoms with Crippen molar-refractivity contribution >= 4 is 29.3 Å². The van der Waals surface area contributed by atoms with E-state index >= 15 is 0 Å². The number of rotatable bonds is 6. The summed E-state index contributed by atoms with van der Waals surface area (Å²) < 4.78 is 40.5. The van der Waals surface area contributed by atoms with Gasteiger partial charge in [0.1, 0.15) is 12.1 Å². The minimum atomic E-state index is -4.79. The summed E-state index contributed by atoms with van der Waals surface area (Å²) >= 11 is 0. The van der Waals surface area contributed by atoms with Gasteiger partial charge >= 0.3 is 6.36 Å². The normalized spacial score (nSPS) is 11.2. The molecule has 0 fully saturated rings. The molecule has 10 heteroatoms. The summed E-state index contributed by atoms with van der Waals surface area (Å²) in [7, 11) is 0. The molecule has 32 heavy (non-hydrogen) atoms. The number of benzene rings is 2. The molecule has 2 amide bonds. The molecule has 0 atom stereocenters. The van der Waals surface area contributed by atoms with E-state index in [9.17, 15) is 22.8 Å². The van der Waals surface area contributed by atoms with E-state index in [1.54, 1.807) is 37.5 Å². The molecule has 1 aromatic heterocycles. The predicted molar refractivity (Wildman–Crippen MR) is 112 cm³/mol. The van der Waals surface area contributed by atoms with Crippen molar-refractivity contribution in [3.05, 3.63) is 84.0 Å². The van der Waals surface area contributed by atoms with E-state index in [1.807, 2.05) is 0 Å². The van der Waals surface area contributed by atoms with Gasteiger partial charge in [-0.25, -0.2) is 9.97 Å². The largest absolute Gasteiger partial charge is 0.573 e. The van der Waals surface area contributed by atoms with E-state index in [-0.39, 0.29) is 11.3 Å². The van der Waals surface area contributed by atoms with Gasteiger partial charge in [0.25, 0.3) is 5.91 Å². The van der Waals surface area contributed by atoms with Gasteiger partial charge in [-0.3, -0.25) is 9.59 Å². The highest BCUT2D eigenvalue weighted by molar-refractivity contribution is 6.07. The number of alkyl halides is 3. The minimum absolute atomic E-state index is 0.252. The van der Waals surface area contributed by atoms with Crippen molar-refractivity contribution in [1.82, 2.24) is 9.97 Å². The van der Waals surface area contributed by atoms with E-state index in [1.165, 1.54) is 30.6 Å². The summed E-state index contributed by atoms with van der Waals surface area (Å²) in [6, 6.07) is 9.49. The van der Waals surface area contributed by atoms with Crippen molar-refractivity contribution in [2.75, 3.05) is 10.6 Å². The van der Waals surface area contributed by atoms with E-state index in [4.69, 9.17) is 0 Å². The van der Waals surface area contributed by atoms with Crippen LogP contribution in [-0.4, -0.2) is 28.1 Å². The summed E-state index contributed by atoms with van der Waals surface area (Å²) in [4.78, 5) is 32.4. The van der Waals surface area contributed by atoms with Crippen LogP contribution in [-0.2, 0) is 4.79 Å². The average molecular weight is 442 g/mol. The zero-order chi connectivity index (χ0) is 23.1. The first kappa shape index (κ1) is 22.5. The molecule has 0 radical (unpaired) electrons. The van der Waals surface area contributed by atoms with Crippen molar-refractivity contribution in [3.8, 4) is 5.75 Å². The summed E-state index contributed by atoms with van der Waals surface area (Å²) in [6.45, 7) is 1.77. The van der Waals surface area contributed by atoms with Crippen LogP contribution in [0.15, 0.2) is 67.3 Å². The number of anilines is 2. The second-order valence-corrected chi connectivity index (χ2v) is 6.55. The van der Waals surface area contributed by atoms with Crippen LogP contribution >= 0.6 is 0 Å². The van der Waals surface area contributed by atoms with Gasteiger partial charge in [0.05, 0.1) is 0 Å². The highest BCUT2D eigenvalue weighted by atomic mass is 19.4. The second kappa shape index (κ2) is 9.73. The lowest BCUT2D eigenvalue weighted by Crippen LogP contribution is -2.17. The van der Waals surface area contributed by atoms with Crippen LogP contribution in [0.3, 0.4) is 0 Å². The molecule has 164 valence electrons. The van der Waals surface area contributed by atoms with Crippen LogP contribution in [0.1, 0.15) is 21.5 Å². The standard InChI is InChI=1S/C22H17F3N4O3/c1-14-2-4-16(10-19(14)29-20(30)9-3-15-11-26-13-27-12-15)21(31)28-17-5-7-18(8-6-17)32-22(23,24)25/h2-13H,1H3,(H,28,31)(H,29,30). The Balaban J connectivity index is 1.66. The van der Waals surface area contributed by atoms with Crippen LogP contribution in [0.5, 0.6) is 5.75 Å². The molecule has 0 spiro atoms. The minimum Gasteiger partial charge on any atom is -0.406 e. The summed E-state index contributed by atoms with van der Waals surface area (Å²) in [5, 5.41) is 5.28. The first-order chi connectivity index (χ1) is 15.2. The van der Waals surface area contributed by atoms with Crippen molar-refractivity contribution in [3.63, 3.8) is 0 Å². The number of hydrogen-bond acceptors (Lipinski definition) is 5. The topological polar surface area (TPSA) is 93.2 Å². The van der Waals surface area contributed by atoms with Gasteiger partial charge in [-0.2, -0.15) is 0 Å². The fraction of sp³-hybridized carbons (Fsp3) is 0.0909. The lowest BCUT2D eigenvalue weighted by molar-refractivity contribution is -0.274. The molecular formula is C22H17F3N4O3. The highest BCUT2D eigenvalue weighted by Crippen LogP contribution is 2.24. The summed E-state index contributed by atoms with van der Waals surface area (Å²) in [6.07, 6.45) is 2.55. The van der Waals surface area contributed by atoms with Gasteiger partial charge in [0, 0.05) is 41.0 Å². The maximum atomic E-state index is 12.5. The Morgan fingerprint density at radius 2 is 1.69 bits per heavy atom. The number of halogens is 3. The molecule has 7 nitrogen and oxygen atoms in total. The van der Waals surface area contributed by atoms with Gasteiger partial charge in [0.15, 0.2) is 0 Å². The number of aromatic nitrogens is 2. The number of nitrogens with one attached hydrogen (secondary N) is 2. The number of carbonyl (C=O) groups is 2. The number of nitrogens with zero attached hydrogens (tertiary/aromatic N) is 2. The molecule has 0 aliphatic rings. The zero-order valence-corrected chi connectivity index (χ0v) is 16.7. The van der Waals surface area contributed by atoms with Crippen molar-refractivity contribution in [1.29, 1.82) is 0 Å². The monoisotopic (exact) mass is 442 g/mol. The maximum Gasteiger partial charge on any atom is 0.573 e. The Labute approximate surface area is 181 Å². The van der Waals surface area contributed by atoms with E-state index in [0.29, 0.717) is 11.3 Å². The Bertz CT molecular complexity index is 1130. The Morgan fingerprint density at radius 1 is 1.00 bits per heavy atom. The van der Waals surface area contributed by atoms with Gasteiger partial charge in [-0.15, -0.1) is 13.2 Å². The van der Waals surface area contributed by atoms with E-state index in [0.717, 1.165) is 17.7 Å². The Morgan fingerprint density at radius 3 is 2.34 bits per heavy atom. The summed E-state index contributed by atoms with van der Waals surface area (Å²) in [5.41, 5.74) is 2.36. The molecule has 2 N–H and O–H groups in total. The molecule has 0 aliphatic heterocycles. The van der Waals surface area contributed by atoms with Crippen LogP contribution in [0.2, 0.25) is 0 Å². The molecule has 3 aromatic rings. The summed E-state index contributed by atoms with van der Waals surface area (Å²) in [5.74, 6) is -1.30. The van der Waals surface area contributed by atoms with E-state index in [2.05, 4.69) is 25.3 Å². The zero-order valence-electron chi connectivity index (χ0n) is 16.7. The van der Waals surface area contributed by atoms with Crippen LogP contribution in [0.4, 0.5) is 24.5 Å². The lowest BCUT2D eigenvalue weighted by Gasteiger charge is -2.11. The van der Waals surface area contributed by atoms with Gasteiger partial charge in [-0.1, -0.05) is 6.07 Å². The quantitative estimate of drug-likeness (QED) is 0.545. The Hall–Kier alpha value is -4.21. The number of carbonyl (C=O) groups excluding carboxylic acids is 2. The van der Waals surface area contributed by atoms with Crippen molar-refractivity contribution < 1.29 is 27.5 Å². The molecule has 1 heterocycles. The van der Waals surface area contributed by atoms with E-state index < -0.39 is 23.9 Å². The molecule has 2 aromatic carbocycles. The average Bonchev–Trinajstić information content (AvgIpc) is 2.75.